The number of anilines is 3. The van der Waals surface area contributed by atoms with Gasteiger partial charge in [0.15, 0.2) is 11.6 Å². The third-order valence-electron chi connectivity index (χ3n) is 4.65. The van der Waals surface area contributed by atoms with Gasteiger partial charge in [0.05, 0.1) is 0 Å². The Labute approximate surface area is 139 Å². The monoisotopic (exact) mass is 324 g/mol. The van der Waals surface area contributed by atoms with Crippen molar-refractivity contribution < 1.29 is 0 Å². The van der Waals surface area contributed by atoms with Crippen molar-refractivity contribution in [2.75, 3.05) is 23.7 Å². The van der Waals surface area contributed by atoms with Crippen LogP contribution in [0, 0.1) is 0 Å². The largest absolute Gasteiger partial charge is 0.364 e. The van der Waals surface area contributed by atoms with E-state index < -0.39 is 0 Å². The number of aromatic nitrogens is 5. The highest BCUT2D eigenvalue weighted by Gasteiger charge is 2.25. The highest BCUT2D eigenvalue weighted by Crippen LogP contribution is 2.39. The van der Waals surface area contributed by atoms with Crippen LogP contribution in [0.4, 0.5) is 17.6 Å². The summed E-state index contributed by atoms with van der Waals surface area (Å²) in [7, 11) is 0. The van der Waals surface area contributed by atoms with Gasteiger partial charge in [-0.25, -0.2) is 4.52 Å². The minimum absolute atomic E-state index is 0.401. The van der Waals surface area contributed by atoms with Crippen molar-refractivity contribution in [2.45, 2.75) is 31.2 Å². The Morgan fingerprint density at radius 3 is 3.04 bits per heavy atom. The molecule has 1 saturated carbocycles. The van der Waals surface area contributed by atoms with Crippen molar-refractivity contribution in [3.05, 3.63) is 30.1 Å². The zero-order valence-corrected chi connectivity index (χ0v) is 13.3. The molecule has 0 aromatic carbocycles. The third kappa shape index (κ3) is 2.58. The Morgan fingerprint density at radius 1 is 1.25 bits per heavy atom. The fourth-order valence-corrected chi connectivity index (χ4v) is 3.18. The molecular formula is C16H20N8. The Balaban J connectivity index is 1.43. The van der Waals surface area contributed by atoms with Gasteiger partial charge >= 0.3 is 0 Å². The molecule has 1 aliphatic carbocycles. The molecule has 0 spiro atoms. The average Bonchev–Trinajstić information content (AvgIpc) is 3.00. The molecule has 8 heteroatoms. The van der Waals surface area contributed by atoms with Crippen LogP contribution >= 0.6 is 0 Å². The van der Waals surface area contributed by atoms with Crippen LogP contribution in [0.3, 0.4) is 0 Å². The maximum absolute atomic E-state index is 4.67. The number of H-pyrrole nitrogens is 1. The van der Waals surface area contributed by atoms with Crippen molar-refractivity contribution in [1.29, 1.82) is 0 Å². The Bertz CT molecular complexity index is 856. The van der Waals surface area contributed by atoms with Crippen molar-refractivity contribution in [1.82, 2.24) is 30.1 Å². The molecule has 2 fully saturated rings. The fraction of sp³-hybridized carbons (Fsp3) is 0.438. The fourth-order valence-electron chi connectivity index (χ4n) is 3.18. The zero-order valence-electron chi connectivity index (χ0n) is 13.3. The maximum atomic E-state index is 4.67. The molecule has 1 aliphatic heterocycles. The molecule has 124 valence electrons. The van der Waals surface area contributed by atoms with Crippen LogP contribution in [0.5, 0.6) is 0 Å². The van der Waals surface area contributed by atoms with E-state index in [0.29, 0.717) is 17.9 Å². The van der Waals surface area contributed by atoms with E-state index in [1.54, 1.807) is 0 Å². The molecule has 2 aliphatic rings. The van der Waals surface area contributed by atoms with Crippen molar-refractivity contribution in [2.24, 2.45) is 0 Å². The molecule has 1 saturated heterocycles. The predicted octanol–water partition coefficient (Wildman–Crippen LogP) is 1.85. The lowest BCUT2D eigenvalue weighted by Crippen LogP contribution is -2.23. The van der Waals surface area contributed by atoms with E-state index in [-0.39, 0.29) is 0 Å². The molecular weight excluding hydrogens is 304 g/mol. The number of nitrogens with one attached hydrogen (secondary N) is 4. The van der Waals surface area contributed by atoms with Crippen LogP contribution in [0.2, 0.25) is 0 Å². The molecule has 0 unspecified atom stereocenters. The second-order valence-electron chi connectivity index (χ2n) is 6.56. The average molecular weight is 324 g/mol. The Morgan fingerprint density at radius 2 is 2.21 bits per heavy atom. The third-order valence-corrected chi connectivity index (χ3v) is 4.65. The van der Waals surface area contributed by atoms with Gasteiger partial charge in [-0.2, -0.15) is 10.1 Å². The molecule has 0 bridgehead atoms. The first-order chi connectivity index (χ1) is 11.8. The standard InChI is InChI=1S/C16H20N8/c1-2-13-15(18-11-5-6-17-9-11)20-16(23-24(13)7-1)19-14-8-12(21-22-14)10-3-4-10/h1-2,7-8,10-11,17H,3-6,9H2,(H3,18,19,20,21,22,23)/t11-/m1/s1. The highest BCUT2D eigenvalue weighted by molar-refractivity contribution is 5.69. The molecule has 0 radical (unpaired) electrons. The lowest BCUT2D eigenvalue weighted by atomic mass is 10.2. The van der Waals surface area contributed by atoms with Gasteiger partial charge in [-0.1, -0.05) is 0 Å². The van der Waals surface area contributed by atoms with Crippen LogP contribution in [-0.4, -0.2) is 43.9 Å². The van der Waals surface area contributed by atoms with E-state index in [4.69, 9.17) is 0 Å². The lowest BCUT2D eigenvalue weighted by molar-refractivity contribution is 0.784. The van der Waals surface area contributed by atoms with Gasteiger partial charge in [0.25, 0.3) is 0 Å². The predicted molar refractivity (Wildman–Crippen MR) is 91.7 cm³/mol. The molecule has 3 aromatic rings. The SMILES string of the molecule is c1cc2c(N[C@@H]3CCNC3)nc(Nc3cc(C4CC4)[nH]n3)nn2c1. The molecule has 1 atom stereocenters. The number of hydrogen-bond acceptors (Lipinski definition) is 6. The number of aromatic amines is 1. The minimum Gasteiger partial charge on any atom is -0.364 e. The van der Waals surface area contributed by atoms with E-state index in [1.807, 2.05) is 22.8 Å². The molecule has 4 N–H and O–H groups in total. The van der Waals surface area contributed by atoms with E-state index in [2.05, 4.69) is 42.3 Å². The normalized spacial score (nSPS) is 20.6. The summed E-state index contributed by atoms with van der Waals surface area (Å²) in [5.74, 6) is 2.80. The number of fused-ring (bicyclic) bond motifs is 1. The van der Waals surface area contributed by atoms with Gasteiger partial charge in [0, 0.05) is 36.5 Å². The van der Waals surface area contributed by atoms with Crippen molar-refractivity contribution >= 4 is 23.1 Å². The van der Waals surface area contributed by atoms with E-state index in [1.165, 1.54) is 18.5 Å². The highest BCUT2D eigenvalue weighted by atomic mass is 15.3. The molecule has 3 aromatic heterocycles. The van der Waals surface area contributed by atoms with Crippen LogP contribution in [0.1, 0.15) is 30.9 Å². The van der Waals surface area contributed by atoms with E-state index >= 15 is 0 Å². The second-order valence-corrected chi connectivity index (χ2v) is 6.56. The first-order valence-corrected chi connectivity index (χ1v) is 8.50. The second kappa shape index (κ2) is 5.48. The molecule has 0 amide bonds. The van der Waals surface area contributed by atoms with Crippen molar-refractivity contribution in [3.63, 3.8) is 0 Å². The summed E-state index contributed by atoms with van der Waals surface area (Å²) in [6.07, 6.45) is 5.53. The Kier molecular flexibility index (Phi) is 3.15. The van der Waals surface area contributed by atoms with Crippen LogP contribution < -0.4 is 16.0 Å². The first-order valence-electron chi connectivity index (χ1n) is 8.50. The topological polar surface area (TPSA) is 95.0 Å². The summed E-state index contributed by atoms with van der Waals surface area (Å²) in [6.45, 7) is 2.01. The van der Waals surface area contributed by atoms with Gasteiger partial charge < -0.3 is 16.0 Å². The molecule has 24 heavy (non-hydrogen) atoms. The van der Waals surface area contributed by atoms with Crippen LogP contribution in [-0.2, 0) is 0 Å². The minimum atomic E-state index is 0.401. The van der Waals surface area contributed by atoms with Crippen LogP contribution in [0.15, 0.2) is 24.4 Å². The van der Waals surface area contributed by atoms with E-state index in [9.17, 15) is 0 Å². The molecule has 5 rings (SSSR count). The maximum Gasteiger partial charge on any atom is 0.248 e. The summed E-state index contributed by atoms with van der Waals surface area (Å²) in [5.41, 5.74) is 2.17. The number of hydrogen-bond donors (Lipinski definition) is 4. The zero-order chi connectivity index (χ0) is 15.9. The summed E-state index contributed by atoms with van der Waals surface area (Å²) >= 11 is 0. The van der Waals surface area contributed by atoms with E-state index in [0.717, 1.165) is 36.7 Å². The van der Waals surface area contributed by atoms with Crippen molar-refractivity contribution in [3.8, 4) is 0 Å². The van der Waals surface area contributed by atoms with Gasteiger partial charge in [0.2, 0.25) is 5.95 Å². The summed E-state index contributed by atoms with van der Waals surface area (Å²) < 4.78 is 1.84. The van der Waals surface area contributed by atoms with Gasteiger partial charge in [-0.15, -0.1) is 5.10 Å². The van der Waals surface area contributed by atoms with Gasteiger partial charge in [-0.05, 0) is 37.9 Å². The summed E-state index contributed by atoms with van der Waals surface area (Å²) in [6, 6.07) is 6.45. The first kappa shape index (κ1) is 13.8. The number of rotatable bonds is 5. The van der Waals surface area contributed by atoms with Crippen LogP contribution in [0.25, 0.3) is 5.52 Å². The lowest BCUT2D eigenvalue weighted by Gasteiger charge is -2.14. The van der Waals surface area contributed by atoms with Gasteiger partial charge in [-0.3, -0.25) is 5.10 Å². The number of nitrogens with zero attached hydrogens (tertiary/aromatic N) is 4. The Hall–Kier alpha value is -2.61. The summed E-state index contributed by atoms with van der Waals surface area (Å²) in [5, 5.41) is 22.0. The smallest absolute Gasteiger partial charge is 0.248 e. The molecule has 8 nitrogen and oxygen atoms in total. The molecule has 4 heterocycles. The quantitative estimate of drug-likeness (QED) is 0.572. The van der Waals surface area contributed by atoms with Gasteiger partial charge in [0.1, 0.15) is 5.52 Å². The summed E-state index contributed by atoms with van der Waals surface area (Å²) in [4.78, 5) is 4.67.